The molecular weight excluding hydrogens is 694 g/mol. The zero-order chi connectivity index (χ0) is 37.7. The zero-order valence-corrected chi connectivity index (χ0v) is 32.6. The molecule has 18 atom stereocenters. The lowest BCUT2D eigenvalue weighted by Crippen LogP contribution is -2.71. The van der Waals surface area contributed by atoms with Gasteiger partial charge in [0.1, 0.15) is 11.9 Å². The highest BCUT2D eigenvalue weighted by atomic mass is 16.7. The molecule has 1 saturated carbocycles. The van der Waals surface area contributed by atoms with Crippen molar-refractivity contribution in [2.24, 2.45) is 17.8 Å². The summed E-state index contributed by atoms with van der Waals surface area (Å²) in [7, 11) is 5.33. The minimum absolute atomic E-state index is 0.00892. The molecule has 0 aromatic carbocycles. The van der Waals surface area contributed by atoms with E-state index < -0.39 is 24.1 Å². The molecule has 304 valence electrons. The van der Waals surface area contributed by atoms with Crippen molar-refractivity contribution in [3.63, 3.8) is 0 Å². The van der Waals surface area contributed by atoms with Gasteiger partial charge in [0.2, 0.25) is 0 Å². The summed E-state index contributed by atoms with van der Waals surface area (Å²) in [5.41, 5.74) is 2.13. The fourth-order valence-electron chi connectivity index (χ4n) is 11.3. The largest absolute Gasteiger partial charge is 0.852 e. The Balaban J connectivity index is 1.05. The number of rotatable bonds is 6. The van der Waals surface area contributed by atoms with E-state index in [0.717, 1.165) is 43.3 Å². The Bertz CT molecular complexity index is 1360. The standard InChI is InChI=1S/C42H64NO11/c1-22-6-7-25-8-10-33-23(2)14-27(50-33)12-13-42(46)20-32(45)29-18-31-38(29)53-34-11-9-26(51-41(34)40(31)54-42)15-24(44)16-30-36(19-35(22)49-25)52-37(39(30)48-5)17-28(47-4)21-43-3/h25-41,43,46H,1-2,6-21H2,3-5H3/q-1/t25-,26-,27+,28+,29+,30+,31?,32-,33+,34+,35-,36+,37-,38+,39-,40-,41+,42+/m1/s1. The van der Waals surface area contributed by atoms with Crippen LogP contribution in [0.25, 0.3) is 0 Å². The second-order valence-corrected chi connectivity index (χ2v) is 17.9. The second kappa shape index (κ2) is 16.5. The predicted octanol–water partition coefficient (Wildman–Crippen LogP) is 3.30. The average Bonchev–Trinajstić information content (AvgIpc) is 3.65. The van der Waals surface area contributed by atoms with E-state index in [1.807, 2.05) is 7.05 Å². The molecule has 12 heteroatoms. The normalized spacial score (nSPS) is 48.9. The van der Waals surface area contributed by atoms with Crippen molar-refractivity contribution in [3.05, 3.63) is 24.3 Å². The fourth-order valence-corrected chi connectivity index (χ4v) is 11.3. The smallest absolute Gasteiger partial charge is 0.165 e. The van der Waals surface area contributed by atoms with Crippen molar-refractivity contribution in [2.75, 3.05) is 27.8 Å². The summed E-state index contributed by atoms with van der Waals surface area (Å²) in [4.78, 5) is 14.1. The van der Waals surface area contributed by atoms with Crippen LogP contribution in [0.3, 0.4) is 0 Å². The Kier molecular flexibility index (Phi) is 12.1. The van der Waals surface area contributed by atoms with Gasteiger partial charge < -0.3 is 53.4 Å². The lowest BCUT2D eigenvalue weighted by atomic mass is 9.61. The van der Waals surface area contributed by atoms with E-state index in [0.29, 0.717) is 57.9 Å². The summed E-state index contributed by atoms with van der Waals surface area (Å²) in [5, 5.41) is 28.8. The molecule has 1 unspecified atom stereocenters. The van der Waals surface area contributed by atoms with Crippen LogP contribution in [0.4, 0.5) is 0 Å². The van der Waals surface area contributed by atoms with Crippen LogP contribution in [0, 0.1) is 17.8 Å². The number of nitrogens with one attached hydrogen (secondary N) is 1. The Hall–Kier alpha value is -1.29. The molecule has 11 bridgehead atoms. The van der Waals surface area contributed by atoms with Crippen LogP contribution in [0.2, 0.25) is 0 Å². The molecule has 0 radical (unpaired) electrons. The fraction of sp³-hybridized carbons (Fsp3) is 0.881. The third kappa shape index (κ3) is 8.06. The quantitative estimate of drug-likeness (QED) is 0.384. The van der Waals surface area contributed by atoms with Crippen molar-refractivity contribution in [3.8, 4) is 0 Å². The first-order valence-corrected chi connectivity index (χ1v) is 20.9. The van der Waals surface area contributed by atoms with Gasteiger partial charge in [-0.3, -0.25) is 4.79 Å². The van der Waals surface area contributed by atoms with E-state index in [-0.39, 0.29) is 104 Å². The monoisotopic (exact) mass is 758 g/mol. The highest BCUT2D eigenvalue weighted by Crippen LogP contribution is 2.53. The third-order valence-corrected chi connectivity index (χ3v) is 14.3. The molecule has 8 aliphatic heterocycles. The van der Waals surface area contributed by atoms with Crippen LogP contribution in [0.5, 0.6) is 0 Å². The summed E-state index contributed by atoms with van der Waals surface area (Å²) in [6, 6.07) is 0. The van der Waals surface area contributed by atoms with Crippen LogP contribution in [-0.2, 0) is 42.7 Å². The van der Waals surface area contributed by atoms with E-state index in [9.17, 15) is 15.0 Å². The number of methoxy groups -OCH3 is 2. The van der Waals surface area contributed by atoms with Gasteiger partial charge in [-0.05, 0) is 88.3 Å². The first-order valence-electron chi connectivity index (χ1n) is 20.9. The van der Waals surface area contributed by atoms with Gasteiger partial charge in [-0.2, -0.15) is 0 Å². The molecule has 0 aromatic rings. The number of ketones is 1. The lowest BCUT2D eigenvalue weighted by molar-refractivity contribution is -0.483. The van der Waals surface area contributed by atoms with Crippen LogP contribution in [0.1, 0.15) is 96.3 Å². The Morgan fingerprint density at radius 2 is 1.63 bits per heavy atom. The van der Waals surface area contributed by atoms with Gasteiger partial charge in [-0.1, -0.05) is 13.2 Å². The molecule has 9 fully saturated rings. The summed E-state index contributed by atoms with van der Waals surface area (Å²) >= 11 is 0. The molecule has 0 aromatic heterocycles. The summed E-state index contributed by atoms with van der Waals surface area (Å²) in [6.07, 6.45) is 5.24. The van der Waals surface area contributed by atoms with E-state index in [4.69, 9.17) is 37.9 Å². The number of aliphatic hydroxyl groups is 1. The van der Waals surface area contributed by atoms with Crippen LogP contribution in [-0.4, -0.2) is 130 Å². The van der Waals surface area contributed by atoms with Gasteiger partial charge in [0.05, 0.1) is 73.2 Å². The van der Waals surface area contributed by atoms with E-state index in [1.165, 1.54) is 0 Å². The number of likely N-dealkylation sites (N-methyl/N-ethyl adjacent to an activating group) is 1. The number of hydrogen-bond acceptors (Lipinski definition) is 12. The van der Waals surface area contributed by atoms with Crippen molar-refractivity contribution in [2.45, 2.75) is 188 Å². The maximum absolute atomic E-state index is 14.1. The van der Waals surface area contributed by atoms with E-state index in [2.05, 4.69) is 18.5 Å². The maximum atomic E-state index is 14.1. The van der Waals surface area contributed by atoms with Crippen molar-refractivity contribution in [1.82, 2.24) is 5.32 Å². The second-order valence-electron chi connectivity index (χ2n) is 17.9. The Morgan fingerprint density at radius 1 is 0.833 bits per heavy atom. The average molecular weight is 759 g/mol. The van der Waals surface area contributed by atoms with E-state index >= 15 is 0 Å². The molecule has 12 nitrogen and oxygen atoms in total. The molecule has 54 heavy (non-hydrogen) atoms. The van der Waals surface area contributed by atoms with Gasteiger partial charge >= 0.3 is 0 Å². The minimum Gasteiger partial charge on any atom is -0.852 e. The Morgan fingerprint density at radius 3 is 2.43 bits per heavy atom. The number of hydrogen-bond donors (Lipinski definition) is 2. The highest BCUT2D eigenvalue weighted by Gasteiger charge is 2.61. The van der Waals surface area contributed by atoms with Gasteiger partial charge in [0.15, 0.2) is 5.79 Å². The molecule has 2 N–H and O–H groups in total. The van der Waals surface area contributed by atoms with Crippen molar-refractivity contribution < 1.29 is 52.9 Å². The molecule has 8 saturated heterocycles. The van der Waals surface area contributed by atoms with Crippen molar-refractivity contribution >= 4 is 5.78 Å². The summed E-state index contributed by atoms with van der Waals surface area (Å²) in [5.74, 6) is -1.81. The third-order valence-electron chi connectivity index (χ3n) is 14.3. The molecule has 1 aliphatic carbocycles. The minimum atomic E-state index is -1.58. The maximum Gasteiger partial charge on any atom is 0.165 e. The van der Waals surface area contributed by atoms with Gasteiger partial charge in [0.25, 0.3) is 0 Å². The predicted molar refractivity (Wildman–Crippen MR) is 195 cm³/mol. The zero-order valence-electron chi connectivity index (χ0n) is 32.6. The lowest BCUT2D eigenvalue weighted by Gasteiger charge is -2.63. The number of ether oxygens (including phenoxy) is 8. The van der Waals surface area contributed by atoms with Crippen LogP contribution >= 0.6 is 0 Å². The van der Waals surface area contributed by atoms with Crippen LogP contribution in [0.15, 0.2) is 24.3 Å². The first-order chi connectivity index (χ1) is 26.0. The molecule has 8 heterocycles. The van der Waals surface area contributed by atoms with Gasteiger partial charge in [-0.15, -0.1) is 6.10 Å². The molecule has 9 rings (SSSR count). The molecule has 0 spiro atoms. The van der Waals surface area contributed by atoms with Gasteiger partial charge in [0, 0.05) is 64.7 Å². The van der Waals surface area contributed by atoms with Gasteiger partial charge in [-0.25, -0.2) is 0 Å². The summed E-state index contributed by atoms with van der Waals surface area (Å²) < 4.78 is 52.1. The first kappa shape index (κ1) is 39.5. The SMILES string of the molecule is C=C1C[C@@H]2CC[C@@]3(O)C[C@@H]([O-])[C@@H]4CC5[C@H]4O[C@H]4CC[C@H](CC(=O)C[C@@H]6[C@@H](OC)[C@@H](C[C@@H](CNC)OC)O[C@H]6C[C@H]6O[C@H](CCC6=C)CC[C@@H]1O2)O[C@@H]4[C@@H]5O3. The Labute approximate surface area is 320 Å². The number of carbonyl (C=O) groups excluding carboxylic acids is 1. The van der Waals surface area contributed by atoms with Crippen molar-refractivity contribution in [1.29, 1.82) is 0 Å². The van der Waals surface area contributed by atoms with E-state index in [1.54, 1.807) is 14.2 Å². The number of carbonyl (C=O) groups is 1. The topological polar surface area (TPSA) is 146 Å². The molecular formula is C42H64NO11-. The molecule has 9 aliphatic rings. The number of fused-ring (bicyclic) bond motifs is 7. The van der Waals surface area contributed by atoms with Crippen LogP contribution < -0.4 is 10.4 Å². The highest BCUT2D eigenvalue weighted by molar-refractivity contribution is 5.79. The molecule has 0 amide bonds. The summed E-state index contributed by atoms with van der Waals surface area (Å²) in [6.45, 7) is 9.47. The number of Topliss-reactive ketones (excluding diaryl/α,β-unsaturated/α-hetero) is 1.